The van der Waals surface area contributed by atoms with Crippen molar-refractivity contribution in [1.29, 1.82) is 0 Å². The molecule has 1 fully saturated rings. The molecule has 0 bridgehead atoms. The molecule has 1 saturated heterocycles. The molecule has 0 spiro atoms. The summed E-state index contributed by atoms with van der Waals surface area (Å²) in [5, 5.41) is 5.05. The van der Waals surface area contributed by atoms with Crippen molar-refractivity contribution >= 4 is 17.2 Å². The zero-order valence-electron chi connectivity index (χ0n) is 17.1. The molecule has 9 heteroatoms. The summed E-state index contributed by atoms with van der Waals surface area (Å²) in [5.41, 5.74) is 2.65. The molecule has 5 rings (SSSR count). The Morgan fingerprint density at radius 2 is 1.87 bits per heavy atom. The van der Waals surface area contributed by atoms with Crippen molar-refractivity contribution in [2.45, 2.75) is 25.7 Å². The predicted molar refractivity (Wildman–Crippen MR) is 115 cm³/mol. The van der Waals surface area contributed by atoms with Crippen LogP contribution in [0.15, 0.2) is 53.6 Å². The van der Waals surface area contributed by atoms with Crippen molar-refractivity contribution in [2.75, 3.05) is 13.1 Å². The smallest absolute Gasteiger partial charge is 0.265 e. The highest BCUT2D eigenvalue weighted by Gasteiger charge is 2.41. The highest BCUT2D eigenvalue weighted by atomic mass is 32.1. The van der Waals surface area contributed by atoms with Crippen LogP contribution >= 0.6 is 11.3 Å². The molecule has 5 heterocycles. The molecule has 1 amide bonds. The lowest BCUT2D eigenvalue weighted by atomic mass is 9.90. The molecule has 2 atom stereocenters. The van der Waals surface area contributed by atoms with Gasteiger partial charge < -0.3 is 9.42 Å². The standard InChI is InChI=1S/C22H20N6O2S/c1-13-19(31-14(2)25-13)22(29)28-11-17(16-4-3-7-24-10-16)18(12-28)21-26-20(27-30-21)15-5-8-23-9-6-15/h3-10,17-18H,11-12H2,1-2H3/t17-,18+/m0/s1. The minimum absolute atomic E-state index is 0.00615. The van der Waals surface area contributed by atoms with Gasteiger partial charge in [0.05, 0.1) is 16.6 Å². The first kappa shape index (κ1) is 19.5. The highest BCUT2D eigenvalue weighted by Crippen LogP contribution is 2.40. The fourth-order valence-corrected chi connectivity index (χ4v) is 4.92. The largest absolute Gasteiger partial charge is 0.339 e. The molecule has 0 unspecified atom stereocenters. The quantitative estimate of drug-likeness (QED) is 0.486. The summed E-state index contributed by atoms with van der Waals surface area (Å²) < 4.78 is 5.67. The molecule has 8 nitrogen and oxygen atoms in total. The van der Waals surface area contributed by atoms with Gasteiger partial charge in [0, 0.05) is 49.4 Å². The van der Waals surface area contributed by atoms with Crippen molar-refractivity contribution in [3.05, 3.63) is 76.1 Å². The molecule has 0 N–H and O–H groups in total. The first-order chi connectivity index (χ1) is 15.1. The van der Waals surface area contributed by atoms with Gasteiger partial charge in [0.15, 0.2) is 0 Å². The minimum Gasteiger partial charge on any atom is -0.339 e. The number of carbonyl (C=O) groups excluding carboxylic acids is 1. The van der Waals surface area contributed by atoms with Gasteiger partial charge in [0.2, 0.25) is 11.7 Å². The molecule has 0 saturated carbocycles. The Bertz CT molecular complexity index is 1210. The normalized spacial score (nSPS) is 18.5. The summed E-state index contributed by atoms with van der Waals surface area (Å²) >= 11 is 1.43. The minimum atomic E-state index is -0.120. The van der Waals surface area contributed by atoms with Crippen molar-refractivity contribution in [3.8, 4) is 11.4 Å². The van der Waals surface area contributed by atoms with Crippen molar-refractivity contribution < 1.29 is 9.32 Å². The number of rotatable bonds is 4. The topological polar surface area (TPSA) is 97.9 Å². The van der Waals surface area contributed by atoms with Crippen LogP contribution in [0.3, 0.4) is 0 Å². The highest BCUT2D eigenvalue weighted by molar-refractivity contribution is 7.13. The average molecular weight is 433 g/mol. The first-order valence-electron chi connectivity index (χ1n) is 9.97. The second kappa shape index (κ2) is 7.99. The Hall–Kier alpha value is -3.46. The second-order valence-corrected chi connectivity index (χ2v) is 8.75. The number of nitrogens with zero attached hydrogens (tertiary/aromatic N) is 6. The van der Waals surface area contributed by atoms with Gasteiger partial charge >= 0.3 is 0 Å². The maximum Gasteiger partial charge on any atom is 0.265 e. The summed E-state index contributed by atoms with van der Waals surface area (Å²) in [4.78, 5) is 33.2. The number of carbonyl (C=O) groups is 1. The Labute approximate surface area is 183 Å². The van der Waals surface area contributed by atoms with Crippen molar-refractivity contribution in [3.63, 3.8) is 0 Å². The van der Waals surface area contributed by atoms with Crippen LogP contribution in [0.25, 0.3) is 11.4 Å². The van der Waals surface area contributed by atoms with Gasteiger partial charge in [-0.15, -0.1) is 11.3 Å². The van der Waals surface area contributed by atoms with E-state index in [1.165, 1.54) is 11.3 Å². The molecule has 4 aromatic rings. The number of aryl methyl sites for hydroxylation is 2. The lowest BCUT2D eigenvalue weighted by molar-refractivity contribution is 0.0792. The molecule has 31 heavy (non-hydrogen) atoms. The van der Waals surface area contributed by atoms with Crippen LogP contribution in [0.5, 0.6) is 0 Å². The van der Waals surface area contributed by atoms with Gasteiger partial charge in [-0.2, -0.15) is 4.98 Å². The van der Waals surface area contributed by atoms with Gasteiger partial charge in [-0.1, -0.05) is 11.2 Å². The summed E-state index contributed by atoms with van der Waals surface area (Å²) in [7, 11) is 0. The SMILES string of the molecule is Cc1nc(C)c(C(=O)N2C[C@@H](c3cccnc3)[C@H](c3nc(-c4ccncc4)no3)C2)s1. The van der Waals surface area contributed by atoms with E-state index in [2.05, 4.69) is 25.1 Å². The van der Waals surface area contributed by atoms with E-state index in [-0.39, 0.29) is 17.7 Å². The van der Waals surface area contributed by atoms with E-state index in [1.807, 2.05) is 49.2 Å². The van der Waals surface area contributed by atoms with E-state index in [4.69, 9.17) is 4.52 Å². The van der Waals surface area contributed by atoms with Crippen LogP contribution in [-0.4, -0.2) is 49.0 Å². The van der Waals surface area contributed by atoms with Gasteiger partial charge in [0.25, 0.3) is 5.91 Å². The lowest BCUT2D eigenvalue weighted by Gasteiger charge is -2.15. The van der Waals surface area contributed by atoms with Crippen LogP contribution in [0.1, 0.15) is 43.7 Å². The molecule has 0 aliphatic carbocycles. The molecule has 0 radical (unpaired) electrons. The summed E-state index contributed by atoms with van der Waals surface area (Å²) in [5.74, 6) is 0.922. The monoisotopic (exact) mass is 432 g/mol. The zero-order valence-corrected chi connectivity index (χ0v) is 17.9. The van der Waals surface area contributed by atoms with Gasteiger partial charge in [-0.25, -0.2) is 4.98 Å². The molecule has 0 aromatic carbocycles. The lowest BCUT2D eigenvalue weighted by Crippen LogP contribution is -2.28. The molecule has 1 aliphatic rings. The van der Waals surface area contributed by atoms with Gasteiger partial charge in [0.1, 0.15) is 4.88 Å². The predicted octanol–water partition coefficient (Wildman–Crippen LogP) is 3.62. The van der Waals surface area contributed by atoms with Crippen LogP contribution in [0.2, 0.25) is 0 Å². The Balaban J connectivity index is 1.48. The average Bonchev–Trinajstić information content (AvgIpc) is 3.52. The first-order valence-corrected chi connectivity index (χ1v) is 10.8. The fraction of sp³-hybridized carbons (Fsp3) is 0.273. The number of aromatic nitrogens is 5. The summed E-state index contributed by atoms with van der Waals surface area (Å²) in [6.45, 7) is 4.84. The maximum atomic E-state index is 13.3. The van der Waals surface area contributed by atoms with E-state index in [1.54, 1.807) is 18.6 Å². The zero-order chi connectivity index (χ0) is 21.4. The fourth-order valence-electron chi connectivity index (χ4n) is 4.03. The van der Waals surface area contributed by atoms with E-state index >= 15 is 0 Å². The van der Waals surface area contributed by atoms with Crippen molar-refractivity contribution in [1.82, 2.24) is 30.0 Å². The molecule has 4 aromatic heterocycles. The van der Waals surface area contributed by atoms with Crippen LogP contribution in [0.4, 0.5) is 0 Å². The molecule has 1 aliphatic heterocycles. The number of hydrogen-bond donors (Lipinski definition) is 0. The van der Waals surface area contributed by atoms with Crippen molar-refractivity contribution in [2.24, 2.45) is 0 Å². The van der Waals surface area contributed by atoms with Crippen LogP contribution in [0, 0.1) is 13.8 Å². The Kier molecular flexibility index (Phi) is 5.03. The van der Waals surface area contributed by atoms with Crippen LogP contribution < -0.4 is 0 Å². The number of hydrogen-bond acceptors (Lipinski definition) is 8. The van der Waals surface area contributed by atoms with E-state index in [9.17, 15) is 4.79 Å². The Morgan fingerprint density at radius 1 is 1.06 bits per heavy atom. The van der Waals surface area contributed by atoms with E-state index < -0.39 is 0 Å². The molecular weight excluding hydrogens is 412 g/mol. The third-order valence-corrected chi connectivity index (χ3v) is 6.58. The summed E-state index contributed by atoms with van der Waals surface area (Å²) in [6, 6.07) is 7.61. The number of amides is 1. The third kappa shape index (κ3) is 3.72. The number of likely N-dealkylation sites (tertiary alicyclic amines) is 1. The third-order valence-electron chi connectivity index (χ3n) is 5.51. The van der Waals surface area contributed by atoms with Gasteiger partial charge in [-0.3, -0.25) is 14.8 Å². The number of thiazole rings is 1. The molecular formula is C22H20N6O2S. The summed E-state index contributed by atoms with van der Waals surface area (Å²) in [6.07, 6.45) is 6.97. The van der Waals surface area contributed by atoms with E-state index in [0.29, 0.717) is 29.7 Å². The second-order valence-electron chi connectivity index (χ2n) is 7.55. The maximum absolute atomic E-state index is 13.3. The van der Waals surface area contributed by atoms with Crippen LogP contribution in [-0.2, 0) is 0 Å². The Morgan fingerprint density at radius 3 is 2.58 bits per heavy atom. The molecule has 156 valence electrons. The van der Waals surface area contributed by atoms with E-state index in [0.717, 1.165) is 21.8 Å². The number of pyridine rings is 2. The van der Waals surface area contributed by atoms with Gasteiger partial charge in [-0.05, 0) is 37.6 Å².